The number of rotatable bonds is 3. The molecule has 0 spiro atoms. The number of hydrogen-bond acceptors (Lipinski definition) is 4. The average Bonchev–Trinajstić information content (AvgIpc) is 2.24. The number of likely N-dealkylation sites (tertiary alicyclic amines) is 1. The molecule has 0 atom stereocenters. The Balaban J connectivity index is 2.47. The minimum Gasteiger partial charge on any atom is -0.334 e. The van der Waals surface area contributed by atoms with Crippen molar-refractivity contribution in [1.29, 1.82) is 0 Å². The van der Waals surface area contributed by atoms with Crippen LogP contribution in [0.3, 0.4) is 0 Å². The standard InChI is InChI=1S/C6H9NO5S/c8-5-3-6(9)7(4-5)1-2-13(10,11)12/h1-4H2,(H,10,11,12). The molecule has 0 radical (unpaired) electrons. The van der Waals surface area contributed by atoms with E-state index in [-0.39, 0.29) is 31.2 Å². The lowest BCUT2D eigenvalue weighted by Gasteiger charge is -2.12. The maximum Gasteiger partial charge on any atom is 0.266 e. The maximum absolute atomic E-state index is 10.9. The van der Waals surface area contributed by atoms with Gasteiger partial charge in [0.1, 0.15) is 0 Å². The lowest BCUT2D eigenvalue weighted by Crippen LogP contribution is -2.30. The average molecular weight is 207 g/mol. The first kappa shape index (κ1) is 10.1. The molecule has 74 valence electrons. The van der Waals surface area contributed by atoms with Gasteiger partial charge in [-0.25, -0.2) is 0 Å². The molecular weight excluding hydrogens is 198 g/mol. The molecule has 0 unspecified atom stereocenters. The van der Waals surface area contributed by atoms with Crippen molar-refractivity contribution in [3.63, 3.8) is 0 Å². The third-order valence-corrected chi connectivity index (χ3v) is 2.39. The number of Topliss-reactive ketones (excluding diaryl/α,β-unsaturated/α-hetero) is 1. The van der Waals surface area contributed by atoms with E-state index in [0.717, 1.165) is 4.90 Å². The first-order valence-electron chi connectivity index (χ1n) is 3.63. The number of amides is 1. The number of nitrogens with zero attached hydrogens (tertiary/aromatic N) is 1. The molecule has 0 aliphatic carbocycles. The summed E-state index contributed by atoms with van der Waals surface area (Å²) in [7, 11) is -4.06. The van der Waals surface area contributed by atoms with E-state index in [9.17, 15) is 18.0 Å². The molecule has 13 heavy (non-hydrogen) atoms. The van der Waals surface area contributed by atoms with Gasteiger partial charge >= 0.3 is 0 Å². The zero-order chi connectivity index (χ0) is 10.1. The molecule has 1 amide bonds. The van der Waals surface area contributed by atoms with E-state index >= 15 is 0 Å². The Labute approximate surface area is 75.3 Å². The Bertz CT molecular complexity index is 333. The lowest BCUT2D eigenvalue weighted by atomic mass is 10.3. The molecule has 6 nitrogen and oxygen atoms in total. The van der Waals surface area contributed by atoms with Crippen molar-refractivity contribution >= 4 is 21.8 Å². The second-order valence-corrected chi connectivity index (χ2v) is 4.39. The van der Waals surface area contributed by atoms with Crippen molar-refractivity contribution in [1.82, 2.24) is 4.90 Å². The number of carbonyl (C=O) groups is 2. The van der Waals surface area contributed by atoms with Crippen LogP contribution in [-0.4, -0.2) is 48.4 Å². The quantitative estimate of drug-likeness (QED) is 0.457. The molecular formula is C6H9NO5S. The first-order chi connectivity index (χ1) is 5.88. The summed E-state index contributed by atoms with van der Waals surface area (Å²) < 4.78 is 29.0. The van der Waals surface area contributed by atoms with Crippen LogP contribution in [0.25, 0.3) is 0 Å². The van der Waals surface area contributed by atoms with Gasteiger partial charge in [0.15, 0.2) is 5.78 Å². The SMILES string of the molecule is O=C1CC(=O)N(CCS(=O)(=O)O)C1. The van der Waals surface area contributed by atoms with Gasteiger partial charge in [0.2, 0.25) is 5.91 Å². The maximum atomic E-state index is 10.9. The topological polar surface area (TPSA) is 91.8 Å². The normalized spacial score (nSPS) is 18.4. The van der Waals surface area contributed by atoms with E-state index in [4.69, 9.17) is 4.55 Å². The molecule has 0 aromatic carbocycles. The Hall–Kier alpha value is -0.950. The van der Waals surface area contributed by atoms with Crippen molar-refractivity contribution in [2.45, 2.75) is 6.42 Å². The molecule has 0 aromatic rings. The molecule has 1 heterocycles. The van der Waals surface area contributed by atoms with Gasteiger partial charge in [-0.15, -0.1) is 0 Å². The molecule has 1 aliphatic rings. The summed E-state index contributed by atoms with van der Waals surface area (Å²) in [4.78, 5) is 22.8. The minimum absolute atomic E-state index is 0.0473. The highest BCUT2D eigenvalue weighted by atomic mass is 32.2. The number of hydrogen-bond donors (Lipinski definition) is 1. The second kappa shape index (κ2) is 3.43. The fourth-order valence-electron chi connectivity index (χ4n) is 1.07. The predicted octanol–water partition coefficient (Wildman–Crippen LogP) is -1.32. The monoisotopic (exact) mass is 207 g/mol. The second-order valence-electron chi connectivity index (χ2n) is 2.82. The summed E-state index contributed by atoms with van der Waals surface area (Å²) in [6.07, 6.45) is -0.161. The summed E-state index contributed by atoms with van der Waals surface area (Å²) in [6, 6.07) is 0. The van der Waals surface area contributed by atoms with Crippen LogP contribution >= 0.6 is 0 Å². The highest BCUT2D eigenvalue weighted by Crippen LogP contribution is 2.05. The Morgan fingerprint density at radius 2 is 2.00 bits per heavy atom. The molecule has 1 fully saturated rings. The van der Waals surface area contributed by atoms with E-state index in [0.29, 0.717) is 0 Å². The van der Waals surface area contributed by atoms with Crippen LogP contribution < -0.4 is 0 Å². The minimum atomic E-state index is -4.06. The molecule has 0 saturated carbocycles. The van der Waals surface area contributed by atoms with E-state index < -0.39 is 15.9 Å². The summed E-state index contributed by atoms with van der Waals surface area (Å²) >= 11 is 0. The molecule has 1 rings (SSSR count). The largest absolute Gasteiger partial charge is 0.334 e. The van der Waals surface area contributed by atoms with Crippen molar-refractivity contribution in [3.05, 3.63) is 0 Å². The Kier molecular flexibility index (Phi) is 2.67. The van der Waals surface area contributed by atoms with Gasteiger partial charge in [0.25, 0.3) is 10.1 Å². The fraction of sp³-hybridized carbons (Fsp3) is 0.667. The van der Waals surface area contributed by atoms with E-state index in [1.165, 1.54) is 0 Å². The summed E-state index contributed by atoms with van der Waals surface area (Å²) in [5.74, 6) is -1.12. The van der Waals surface area contributed by atoms with Crippen molar-refractivity contribution in [3.8, 4) is 0 Å². The van der Waals surface area contributed by atoms with Crippen LogP contribution in [-0.2, 0) is 19.7 Å². The smallest absolute Gasteiger partial charge is 0.266 e. The third kappa shape index (κ3) is 3.11. The fourth-order valence-corrected chi connectivity index (χ4v) is 1.52. The van der Waals surface area contributed by atoms with Gasteiger partial charge in [-0.3, -0.25) is 14.1 Å². The lowest BCUT2D eigenvalue weighted by molar-refractivity contribution is -0.127. The van der Waals surface area contributed by atoms with Gasteiger partial charge in [-0.2, -0.15) is 8.42 Å². The van der Waals surface area contributed by atoms with Crippen LogP contribution in [0.1, 0.15) is 6.42 Å². The van der Waals surface area contributed by atoms with Gasteiger partial charge in [-0.1, -0.05) is 0 Å². The third-order valence-electron chi connectivity index (χ3n) is 1.69. The first-order valence-corrected chi connectivity index (χ1v) is 5.24. The Morgan fingerprint density at radius 3 is 2.38 bits per heavy atom. The van der Waals surface area contributed by atoms with E-state index in [1.54, 1.807) is 0 Å². The van der Waals surface area contributed by atoms with Gasteiger partial charge in [-0.05, 0) is 0 Å². The molecule has 0 aromatic heterocycles. The van der Waals surface area contributed by atoms with Crippen molar-refractivity contribution in [2.75, 3.05) is 18.8 Å². The van der Waals surface area contributed by atoms with Crippen LogP contribution in [0.5, 0.6) is 0 Å². The zero-order valence-electron chi connectivity index (χ0n) is 6.76. The molecule has 0 bridgehead atoms. The van der Waals surface area contributed by atoms with E-state index in [2.05, 4.69) is 0 Å². The van der Waals surface area contributed by atoms with Crippen LogP contribution in [0.2, 0.25) is 0 Å². The van der Waals surface area contributed by atoms with Gasteiger partial charge < -0.3 is 4.90 Å². The Morgan fingerprint density at radius 1 is 1.38 bits per heavy atom. The van der Waals surface area contributed by atoms with Gasteiger partial charge in [0, 0.05) is 6.54 Å². The molecule has 7 heteroatoms. The number of ketones is 1. The zero-order valence-corrected chi connectivity index (χ0v) is 7.58. The summed E-state index contributed by atoms with van der Waals surface area (Å²) in [6.45, 7) is -0.169. The number of carbonyl (C=O) groups excluding carboxylic acids is 2. The van der Waals surface area contributed by atoms with Gasteiger partial charge in [0.05, 0.1) is 18.7 Å². The van der Waals surface area contributed by atoms with Crippen LogP contribution in [0.15, 0.2) is 0 Å². The van der Waals surface area contributed by atoms with Crippen LogP contribution in [0, 0.1) is 0 Å². The highest BCUT2D eigenvalue weighted by Gasteiger charge is 2.27. The van der Waals surface area contributed by atoms with E-state index in [1.807, 2.05) is 0 Å². The molecule has 1 aliphatic heterocycles. The van der Waals surface area contributed by atoms with Crippen molar-refractivity contribution < 1.29 is 22.6 Å². The molecule has 1 N–H and O–H groups in total. The van der Waals surface area contributed by atoms with Crippen LogP contribution in [0.4, 0.5) is 0 Å². The summed E-state index contributed by atoms with van der Waals surface area (Å²) in [5, 5.41) is 0. The molecule has 1 saturated heterocycles. The predicted molar refractivity (Wildman–Crippen MR) is 42.6 cm³/mol. The highest BCUT2D eigenvalue weighted by molar-refractivity contribution is 7.85. The summed E-state index contributed by atoms with van der Waals surface area (Å²) in [5.41, 5.74) is 0. The van der Waals surface area contributed by atoms with Crippen molar-refractivity contribution in [2.24, 2.45) is 0 Å².